The first-order chi connectivity index (χ1) is 9.02. The van der Waals surface area contributed by atoms with Gasteiger partial charge in [0.2, 0.25) is 0 Å². The summed E-state index contributed by atoms with van der Waals surface area (Å²) in [6.45, 7) is 3.79. The molecule has 1 heterocycles. The molecule has 1 N–H and O–H groups in total. The van der Waals surface area contributed by atoms with Crippen LogP contribution < -0.4 is 4.90 Å². The number of carbonyl (C=O) groups is 1. The lowest BCUT2D eigenvalue weighted by molar-refractivity contribution is 0.0696. The summed E-state index contributed by atoms with van der Waals surface area (Å²) in [4.78, 5) is 17.4. The highest BCUT2D eigenvalue weighted by Crippen LogP contribution is 2.28. The lowest BCUT2D eigenvalue weighted by Gasteiger charge is -2.22. The van der Waals surface area contributed by atoms with Crippen molar-refractivity contribution >= 4 is 17.5 Å². The van der Waals surface area contributed by atoms with Crippen LogP contribution in [-0.4, -0.2) is 23.1 Å². The fourth-order valence-corrected chi connectivity index (χ4v) is 2.15. The van der Waals surface area contributed by atoms with Gasteiger partial charge in [-0.05, 0) is 31.5 Å². The van der Waals surface area contributed by atoms with Crippen LogP contribution in [0.4, 0.5) is 11.5 Å². The number of carboxylic acids is 1. The summed E-state index contributed by atoms with van der Waals surface area (Å²) in [5.74, 6) is -0.270. The van der Waals surface area contributed by atoms with Crippen LogP contribution in [0, 0.1) is 13.8 Å². The molecule has 0 aliphatic heterocycles. The minimum Gasteiger partial charge on any atom is -0.478 e. The molecule has 0 spiro atoms. The Balaban J connectivity index is 2.51. The molecule has 0 bridgehead atoms. The van der Waals surface area contributed by atoms with Gasteiger partial charge in [0.15, 0.2) is 0 Å². The van der Waals surface area contributed by atoms with Gasteiger partial charge in [-0.25, -0.2) is 9.78 Å². The molecule has 0 atom stereocenters. The first-order valence-electron chi connectivity index (χ1n) is 6.00. The normalized spacial score (nSPS) is 10.3. The van der Waals surface area contributed by atoms with Crippen LogP contribution in [-0.2, 0) is 0 Å². The Morgan fingerprint density at radius 1 is 1.21 bits per heavy atom. The molecule has 0 aliphatic rings. The predicted molar refractivity (Wildman–Crippen MR) is 75.2 cm³/mol. The van der Waals surface area contributed by atoms with Crippen LogP contribution in [0.3, 0.4) is 0 Å². The zero-order valence-corrected chi connectivity index (χ0v) is 11.2. The van der Waals surface area contributed by atoms with Crippen LogP contribution in [0.25, 0.3) is 0 Å². The second-order valence-corrected chi connectivity index (χ2v) is 4.46. The van der Waals surface area contributed by atoms with Crippen molar-refractivity contribution in [3.05, 3.63) is 53.2 Å². The van der Waals surface area contributed by atoms with Crippen molar-refractivity contribution in [2.45, 2.75) is 13.8 Å². The lowest BCUT2D eigenvalue weighted by Crippen LogP contribution is -2.15. The van der Waals surface area contributed by atoms with E-state index in [1.807, 2.05) is 43.1 Å². The van der Waals surface area contributed by atoms with Crippen LogP contribution in [0.5, 0.6) is 0 Å². The van der Waals surface area contributed by atoms with E-state index < -0.39 is 5.97 Å². The van der Waals surface area contributed by atoms with Crippen molar-refractivity contribution in [1.82, 2.24) is 4.98 Å². The van der Waals surface area contributed by atoms with Crippen LogP contribution >= 0.6 is 0 Å². The maximum absolute atomic E-state index is 11.2. The zero-order chi connectivity index (χ0) is 14.0. The highest BCUT2D eigenvalue weighted by molar-refractivity contribution is 5.91. The van der Waals surface area contributed by atoms with Gasteiger partial charge in [0, 0.05) is 24.5 Å². The Kier molecular flexibility index (Phi) is 3.51. The predicted octanol–water partition coefficient (Wildman–Crippen LogP) is 3.16. The minimum absolute atomic E-state index is 0.283. The lowest BCUT2D eigenvalue weighted by atomic mass is 10.1. The zero-order valence-electron chi connectivity index (χ0n) is 11.2. The number of rotatable bonds is 3. The second kappa shape index (κ2) is 5.10. The van der Waals surface area contributed by atoms with Gasteiger partial charge in [0.05, 0.1) is 5.56 Å². The molecule has 0 fully saturated rings. The molecule has 1 aromatic carbocycles. The summed E-state index contributed by atoms with van der Waals surface area (Å²) in [7, 11) is 1.89. The molecule has 2 rings (SSSR count). The molecule has 19 heavy (non-hydrogen) atoms. The van der Waals surface area contributed by atoms with E-state index in [0.29, 0.717) is 11.4 Å². The Hall–Kier alpha value is -2.36. The SMILES string of the molecule is Cc1ccccc1N(C)c1nccc(C(=O)O)c1C. The number of pyridine rings is 1. The molecule has 0 radical (unpaired) electrons. The third-order valence-electron chi connectivity index (χ3n) is 3.20. The molecule has 1 aromatic heterocycles. The average Bonchev–Trinajstić information content (AvgIpc) is 2.38. The Bertz CT molecular complexity index is 623. The molecule has 0 saturated heterocycles. The number of benzene rings is 1. The van der Waals surface area contributed by atoms with Gasteiger partial charge in [-0.15, -0.1) is 0 Å². The van der Waals surface area contributed by atoms with Crippen molar-refractivity contribution in [2.24, 2.45) is 0 Å². The molecular weight excluding hydrogens is 240 g/mol. The third kappa shape index (κ3) is 2.42. The van der Waals surface area contributed by atoms with E-state index in [1.165, 1.54) is 12.3 Å². The van der Waals surface area contributed by atoms with Crippen molar-refractivity contribution < 1.29 is 9.90 Å². The summed E-state index contributed by atoms with van der Waals surface area (Å²) in [5.41, 5.74) is 3.08. The van der Waals surface area contributed by atoms with Crippen molar-refractivity contribution in [3.8, 4) is 0 Å². The minimum atomic E-state index is -0.931. The highest BCUT2D eigenvalue weighted by Gasteiger charge is 2.15. The highest BCUT2D eigenvalue weighted by atomic mass is 16.4. The topological polar surface area (TPSA) is 53.4 Å². The Morgan fingerprint density at radius 3 is 2.53 bits per heavy atom. The van der Waals surface area contributed by atoms with E-state index in [-0.39, 0.29) is 5.56 Å². The first-order valence-corrected chi connectivity index (χ1v) is 6.00. The third-order valence-corrected chi connectivity index (χ3v) is 3.20. The summed E-state index contributed by atoms with van der Waals surface area (Å²) in [5, 5.41) is 9.15. The molecule has 2 aromatic rings. The number of nitrogens with zero attached hydrogens (tertiary/aromatic N) is 2. The van der Waals surface area contributed by atoms with Gasteiger partial charge in [-0.2, -0.15) is 0 Å². The maximum Gasteiger partial charge on any atom is 0.336 e. The number of aromatic nitrogens is 1. The number of carboxylic acid groups (broad SMARTS) is 1. The second-order valence-electron chi connectivity index (χ2n) is 4.46. The molecule has 0 aliphatic carbocycles. The average molecular weight is 256 g/mol. The number of para-hydroxylation sites is 1. The number of hydrogen-bond donors (Lipinski definition) is 1. The fourth-order valence-electron chi connectivity index (χ4n) is 2.15. The van der Waals surface area contributed by atoms with Gasteiger partial charge in [0.25, 0.3) is 0 Å². The van der Waals surface area contributed by atoms with E-state index in [1.54, 1.807) is 6.92 Å². The number of aromatic carboxylic acids is 1. The van der Waals surface area contributed by atoms with Crippen LogP contribution in [0.15, 0.2) is 36.5 Å². The molecule has 4 heteroatoms. The summed E-state index contributed by atoms with van der Waals surface area (Å²) in [6, 6.07) is 9.45. The van der Waals surface area contributed by atoms with E-state index >= 15 is 0 Å². The monoisotopic (exact) mass is 256 g/mol. The molecule has 0 amide bonds. The summed E-state index contributed by atoms with van der Waals surface area (Å²) >= 11 is 0. The van der Waals surface area contributed by atoms with Crippen molar-refractivity contribution in [3.63, 3.8) is 0 Å². The largest absolute Gasteiger partial charge is 0.478 e. The van der Waals surface area contributed by atoms with E-state index in [9.17, 15) is 4.79 Å². The molecular formula is C15H16N2O2. The number of hydrogen-bond acceptors (Lipinski definition) is 3. The Labute approximate surface area is 112 Å². The number of anilines is 2. The molecule has 4 nitrogen and oxygen atoms in total. The smallest absolute Gasteiger partial charge is 0.336 e. The molecule has 98 valence electrons. The maximum atomic E-state index is 11.2. The molecule has 0 saturated carbocycles. The van der Waals surface area contributed by atoms with E-state index in [0.717, 1.165) is 11.3 Å². The van der Waals surface area contributed by atoms with Gasteiger partial charge in [-0.1, -0.05) is 18.2 Å². The van der Waals surface area contributed by atoms with Crippen LogP contribution in [0.1, 0.15) is 21.5 Å². The molecule has 0 unspecified atom stereocenters. The van der Waals surface area contributed by atoms with E-state index in [4.69, 9.17) is 5.11 Å². The fraction of sp³-hybridized carbons (Fsp3) is 0.200. The van der Waals surface area contributed by atoms with Gasteiger partial charge in [0.1, 0.15) is 5.82 Å². The Morgan fingerprint density at radius 2 is 1.89 bits per heavy atom. The summed E-state index contributed by atoms with van der Waals surface area (Å²) < 4.78 is 0. The van der Waals surface area contributed by atoms with E-state index in [2.05, 4.69) is 4.98 Å². The van der Waals surface area contributed by atoms with Gasteiger partial charge >= 0.3 is 5.97 Å². The van der Waals surface area contributed by atoms with Crippen molar-refractivity contribution in [1.29, 1.82) is 0 Å². The number of aryl methyl sites for hydroxylation is 1. The quantitative estimate of drug-likeness (QED) is 0.916. The van der Waals surface area contributed by atoms with Crippen LogP contribution in [0.2, 0.25) is 0 Å². The summed E-state index contributed by atoms with van der Waals surface area (Å²) in [6.07, 6.45) is 1.53. The van der Waals surface area contributed by atoms with Gasteiger partial charge < -0.3 is 10.0 Å². The van der Waals surface area contributed by atoms with Crippen molar-refractivity contribution in [2.75, 3.05) is 11.9 Å². The van der Waals surface area contributed by atoms with Gasteiger partial charge in [-0.3, -0.25) is 0 Å². The standard InChI is InChI=1S/C15H16N2O2/c1-10-6-4-5-7-13(10)17(3)14-11(2)12(15(18)19)8-9-16-14/h4-9H,1-3H3,(H,18,19). The first kappa shape index (κ1) is 13.1.